The molecule has 2 aliphatic heterocycles. The summed E-state index contributed by atoms with van der Waals surface area (Å²) in [6.45, 7) is 6.18. The van der Waals surface area contributed by atoms with Gasteiger partial charge in [0.05, 0.1) is 18.2 Å². The van der Waals surface area contributed by atoms with Crippen LogP contribution in [0.2, 0.25) is 0 Å². The molecule has 0 saturated carbocycles. The van der Waals surface area contributed by atoms with E-state index >= 15 is 0 Å². The van der Waals surface area contributed by atoms with Crippen molar-refractivity contribution in [2.75, 3.05) is 19.7 Å². The number of aryl methyl sites for hydroxylation is 1. The van der Waals surface area contributed by atoms with Gasteiger partial charge in [-0.25, -0.2) is 0 Å². The molecule has 2 fully saturated rings. The Balaban J connectivity index is 1.66. The number of benzene rings is 2. The average molecular weight is 378 g/mol. The van der Waals surface area contributed by atoms with Crippen molar-refractivity contribution in [3.8, 4) is 11.1 Å². The highest BCUT2D eigenvalue weighted by molar-refractivity contribution is 5.80. The molecule has 1 N–H and O–H groups in total. The van der Waals surface area contributed by atoms with Crippen molar-refractivity contribution in [1.29, 1.82) is 0 Å². The minimum Gasteiger partial charge on any atom is -0.394 e. The van der Waals surface area contributed by atoms with Gasteiger partial charge < -0.3 is 14.9 Å². The molecule has 5 heteroatoms. The predicted octanol–water partition coefficient (Wildman–Crippen LogP) is 2.57. The number of hydrogen-bond donors (Lipinski definition) is 1. The van der Waals surface area contributed by atoms with Crippen molar-refractivity contribution in [1.82, 2.24) is 9.80 Å². The number of rotatable bonds is 3. The molecule has 0 radical (unpaired) electrons. The minimum atomic E-state index is -0.394. The van der Waals surface area contributed by atoms with E-state index in [0.29, 0.717) is 13.1 Å². The van der Waals surface area contributed by atoms with Crippen molar-refractivity contribution in [3.63, 3.8) is 0 Å². The molecule has 2 atom stereocenters. The van der Waals surface area contributed by atoms with Gasteiger partial charge in [0.1, 0.15) is 0 Å². The van der Waals surface area contributed by atoms with Gasteiger partial charge in [0.15, 0.2) is 0 Å². The summed E-state index contributed by atoms with van der Waals surface area (Å²) < 4.78 is 0. The van der Waals surface area contributed by atoms with Gasteiger partial charge in [-0.15, -0.1) is 0 Å². The molecular weight excluding hydrogens is 352 g/mol. The van der Waals surface area contributed by atoms with Gasteiger partial charge in [-0.1, -0.05) is 48.5 Å². The van der Waals surface area contributed by atoms with Gasteiger partial charge >= 0.3 is 0 Å². The molecule has 0 bridgehead atoms. The summed E-state index contributed by atoms with van der Waals surface area (Å²) >= 11 is 0. The molecule has 5 nitrogen and oxygen atoms in total. The predicted molar refractivity (Wildman–Crippen MR) is 108 cm³/mol. The van der Waals surface area contributed by atoms with E-state index in [0.717, 1.165) is 11.1 Å². The zero-order valence-electron chi connectivity index (χ0n) is 16.6. The first-order valence-corrected chi connectivity index (χ1v) is 9.71. The van der Waals surface area contributed by atoms with Crippen molar-refractivity contribution in [3.05, 3.63) is 59.7 Å². The maximum Gasteiger partial charge on any atom is 0.220 e. The van der Waals surface area contributed by atoms with Crippen molar-refractivity contribution < 1.29 is 14.7 Å². The fraction of sp³-hybridized carbons (Fsp3) is 0.391. The Morgan fingerprint density at radius 1 is 1.04 bits per heavy atom. The van der Waals surface area contributed by atoms with Crippen LogP contribution in [-0.4, -0.2) is 58.0 Å². The van der Waals surface area contributed by atoms with E-state index in [1.165, 1.54) is 11.1 Å². The zero-order valence-corrected chi connectivity index (χ0v) is 16.6. The fourth-order valence-corrected chi connectivity index (χ4v) is 5.12. The SMILES string of the molecule is CC(=O)N1CC2(C1)[C@H](c1ccc(-c3ccccc3C)cc1)[C@H](CO)N2C(C)=O. The number of carbonyl (C=O) groups excluding carboxylic acids is 2. The molecule has 0 unspecified atom stereocenters. The topological polar surface area (TPSA) is 60.9 Å². The van der Waals surface area contributed by atoms with Crippen LogP contribution in [0, 0.1) is 6.92 Å². The van der Waals surface area contributed by atoms with Crippen LogP contribution in [0.15, 0.2) is 48.5 Å². The summed E-state index contributed by atoms with van der Waals surface area (Å²) in [7, 11) is 0. The highest BCUT2D eigenvalue weighted by atomic mass is 16.3. The molecule has 4 rings (SSSR count). The van der Waals surface area contributed by atoms with Gasteiger partial charge in [-0.3, -0.25) is 9.59 Å². The molecule has 0 aromatic heterocycles. The third kappa shape index (κ3) is 2.65. The summed E-state index contributed by atoms with van der Waals surface area (Å²) in [4.78, 5) is 27.5. The third-order valence-electron chi connectivity index (χ3n) is 6.40. The lowest BCUT2D eigenvalue weighted by molar-refractivity contribution is -0.200. The van der Waals surface area contributed by atoms with E-state index in [4.69, 9.17) is 0 Å². The Morgan fingerprint density at radius 3 is 2.21 bits per heavy atom. The average Bonchev–Trinajstić information content (AvgIpc) is 2.60. The molecule has 0 aliphatic carbocycles. The number of aliphatic hydroxyl groups is 1. The molecular formula is C23H26N2O3. The van der Waals surface area contributed by atoms with E-state index in [-0.39, 0.29) is 30.4 Å². The first-order chi connectivity index (χ1) is 13.4. The molecule has 2 aromatic carbocycles. The van der Waals surface area contributed by atoms with Crippen molar-refractivity contribution in [2.24, 2.45) is 0 Å². The van der Waals surface area contributed by atoms with Crippen molar-refractivity contribution in [2.45, 2.75) is 38.3 Å². The standard InChI is InChI=1S/C23H26N2O3/c1-15-6-4-5-7-20(15)18-8-10-19(11-9-18)22-21(12-26)25(17(3)28)23(22)13-24(14-23)16(2)27/h4-11,21-22,26H,12-14H2,1-3H3/t21-,22+/m0/s1. The normalized spacial score (nSPS) is 22.6. The van der Waals surface area contributed by atoms with Crippen LogP contribution in [0.5, 0.6) is 0 Å². The highest BCUT2D eigenvalue weighted by Gasteiger charge is 2.67. The number of likely N-dealkylation sites (tertiary alicyclic amines) is 2. The second-order valence-corrected chi connectivity index (χ2v) is 8.03. The van der Waals surface area contributed by atoms with Crippen LogP contribution in [0.4, 0.5) is 0 Å². The van der Waals surface area contributed by atoms with E-state index in [1.54, 1.807) is 23.6 Å². The van der Waals surface area contributed by atoms with E-state index in [2.05, 4.69) is 43.3 Å². The number of nitrogens with zero attached hydrogens (tertiary/aromatic N) is 2. The van der Waals surface area contributed by atoms with Gasteiger partial charge in [-0.05, 0) is 29.2 Å². The van der Waals surface area contributed by atoms with Gasteiger partial charge in [-0.2, -0.15) is 0 Å². The monoisotopic (exact) mass is 378 g/mol. The van der Waals surface area contributed by atoms with Crippen molar-refractivity contribution >= 4 is 11.8 Å². The van der Waals surface area contributed by atoms with E-state index in [9.17, 15) is 14.7 Å². The molecule has 1 spiro atoms. The number of amides is 2. The Hall–Kier alpha value is -2.66. The molecule has 146 valence electrons. The largest absolute Gasteiger partial charge is 0.394 e. The van der Waals surface area contributed by atoms with Crippen LogP contribution in [0.1, 0.15) is 30.9 Å². The summed E-state index contributed by atoms with van der Waals surface area (Å²) in [5.41, 5.74) is 4.29. The Kier molecular flexibility index (Phi) is 4.50. The molecule has 2 aliphatic rings. The van der Waals surface area contributed by atoms with Crippen LogP contribution >= 0.6 is 0 Å². The second kappa shape index (κ2) is 6.74. The number of hydrogen-bond acceptors (Lipinski definition) is 3. The minimum absolute atomic E-state index is 0.0234. The lowest BCUT2D eigenvalue weighted by Gasteiger charge is -2.70. The van der Waals surface area contributed by atoms with Crippen LogP contribution in [-0.2, 0) is 9.59 Å². The van der Waals surface area contributed by atoms with E-state index in [1.807, 2.05) is 12.1 Å². The molecule has 2 saturated heterocycles. The third-order valence-corrected chi connectivity index (χ3v) is 6.40. The summed E-state index contributed by atoms with van der Waals surface area (Å²) in [5.74, 6) is 0.00757. The molecule has 2 heterocycles. The van der Waals surface area contributed by atoms with Crippen LogP contribution in [0.25, 0.3) is 11.1 Å². The Labute approximate surface area is 165 Å². The first-order valence-electron chi connectivity index (χ1n) is 9.71. The smallest absolute Gasteiger partial charge is 0.220 e. The quantitative estimate of drug-likeness (QED) is 0.893. The van der Waals surface area contributed by atoms with Gasteiger partial charge in [0.25, 0.3) is 0 Å². The number of carbonyl (C=O) groups is 2. The summed E-state index contributed by atoms with van der Waals surface area (Å²) in [6, 6.07) is 16.5. The first kappa shape index (κ1) is 18.7. The molecule has 28 heavy (non-hydrogen) atoms. The Morgan fingerprint density at radius 2 is 1.68 bits per heavy atom. The highest BCUT2D eigenvalue weighted by Crippen LogP contribution is 2.53. The van der Waals surface area contributed by atoms with Gasteiger partial charge in [0, 0.05) is 32.9 Å². The fourth-order valence-electron chi connectivity index (χ4n) is 5.12. The van der Waals surface area contributed by atoms with Crippen LogP contribution < -0.4 is 0 Å². The maximum atomic E-state index is 12.2. The van der Waals surface area contributed by atoms with Gasteiger partial charge in [0.2, 0.25) is 11.8 Å². The zero-order chi connectivity index (χ0) is 20.1. The lowest BCUT2D eigenvalue weighted by Crippen LogP contribution is -2.85. The number of aliphatic hydroxyl groups excluding tert-OH is 1. The molecule has 2 aromatic rings. The van der Waals surface area contributed by atoms with E-state index < -0.39 is 5.54 Å². The second-order valence-electron chi connectivity index (χ2n) is 8.03. The Bertz CT molecular complexity index is 916. The molecule has 2 amide bonds. The summed E-state index contributed by atoms with van der Waals surface area (Å²) in [6.07, 6.45) is 0. The van der Waals surface area contributed by atoms with Crippen LogP contribution in [0.3, 0.4) is 0 Å². The maximum absolute atomic E-state index is 12.2. The summed E-state index contributed by atoms with van der Waals surface area (Å²) in [5, 5.41) is 9.96. The lowest BCUT2D eigenvalue weighted by atomic mass is 9.60.